The van der Waals surface area contributed by atoms with E-state index in [0.29, 0.717) is 36.0 Å². The highest BCUT2D eigenvalue weighted by Gasteiger charge is 2.35. The number of alkyl halides is 3. The van der Waals surface area contributed by atoms with Crippen LogP contribution in [0.1, 0.15) is 31.2 Å². The summed E-state index contributed by atoms with van der Waals surface area (Å²) in [5.41, 5.74) is 0.273. The Labute approximate surface area is 170 Å². The molecule has 1 atom stereocenters. The third kappa shape index (κ3) is 3.83. The van der Waals surface area contributed by atoms with Gasteiger partial charge in [0.2, 0.25) is 11.9 Å². The molecule has 11 heteroatoms. The number of carbonyl (C=O) groups excluding carboxylic acids is 1. The van der Waals surface area contributed by atoms with E-state index in [1.54, 1.807) is 25.8 Å². The zero-order valence-electron chi connectivity index (χ0n) is 16.6. The number of likely N-dealkylation sites (N-methyl/N-ethyl adjacent to an activating group) is 1. The fraction of sp³-hybridized carbons (Fsp3) is 0.474. The number of hydrogen-bond donors (Lipinski definition) is 2. The monoisotopic (exact) mass is 422 g/mol. The Kier molecular flexibility index (Phi) is 4.91. The molecule has 3 heterocycles. The Bertz CT molecular complexity index is 977. The molecule has 160 valence electrons. The van der Waals surface area contributed by atoms with E-state index < -0.39 is 11.9 Å². The number of aromatic nitrogens is 3. The molecule has 0 spiro atoms. The number of nitrogens with zero attached hydrogens (tertiary/aromatic N) is 4. The Hall–Kier alpha value is -3.11. The average molecular weight is 422 g/mol. The average Bonchev–Trinajstić information content (AvgIpc) is 2.65. The predicted octanol–water partition coefficient (Wildman–Crippen LogP) is 3.00. The molecule has 0 radical (unpaired) electrons. The second-order valence-electron chi connectivity index (χ2n) is 7.53. The topological polar surface area (TPSA) is 92.3 Å². The molecule has 2 aliphatic rings. The first kappa shape index (κ1) is 20.2. The van der Waals surface area contributed by atoms with Gasteiger partial charge in [-0.15, -0.1) is 0 Å². The van der Waals surface area contributed by atoms with E-state index in [4.69, 9.17) is 4.74 Å². The molecule has 1 aliphatic carbocycles. The highest BCUT2D eigenvalue weighted by Crippen LogP contribution is 2.34. The lowest BCUT2D eigenvalue weighted by molar-refractivity contribution is -0.141. The predicted molar refractivity (Wildman–Crippen MR) is 104 cm³/mol. The van der Waals surface area contributed by atoms with Crippen LogP contribution in [-0.2, 0) is 11.0 Å². The van der Waals surface area contributed by atoms with Gasteiger partial charge in [0.1, 0.15) is 29.3 Å². The van der Waals surface area contributed by atoms with E-state index in [9.17, 15) is 18.0 Å². The van der Waals surface area contributed by atoms with Gasteiger partial charge in [-0.1, -0.05) is 0 Å². The van der Waals surface area contributed by atoms with Crippen molar-refractivity contribution in [2.45, 2.75) is 51.1 Å². The minimum Gasteiger partial charge on any atom is -0.490 e. The quantitative estimate of drug-likeness (QED) is 0.783. The minimum atomic E-state index is -4.51. The Morgan fingerprint density at radius 1 is 1.30 bits per heavy atom. The van der Waals surface area contributed by atoms with E-state index >= 15 is 0 Å². The highest BCUT2D eigenvalue weighted by molar-refractivity contribution is 6.03. The van der Waals surface area contributed by atoms with Gasteiger partial charge in [-0.3, -0.25) is 9.78 Å². The standard InChI is InChI=1S/C19H21F3N6O2/c1-9-15-16(28(3)10(2)17(29)26-15)27-18(24-9)25-11-6-13(7-11)30-12-4-5-23-14(8-12)19(20,21)22/h4-5,8,10-11,13H,6-7H2,1-3H3,(H,26,29)(H,24,25,27)/t10-,11-,13-/m0/s1. The Morgan fingerprint density at radius 2 is 2.03 bits per heavy atom. The molecule has 0 unspecified atom stereocenters. The highest BCUT2D eigenvalue weighted by atomic mass is 19.4. The van der Waals surface area contributed by atoms with Crippen LogP contribution in [0.2, 0.25) is 0 Å². The third-order valence-electron chi connectivity index (χ3n) is 5.37. The summed E-state index contributed by atoms with van der Waals surface area (Å²) in [6.45, 7) is 3.59. The van der Waals surface area contributed by atoms with Crippen LogP contribution < -0.4 is 20.3 Å². The van der Waals surface area contributed by atoms with Crippen molar-refractivity contribution < 1.29 is 22.7 Å². The molecule has 1 fully saturated rings. The molecular formula is C19H21F3N6O2. The van der Waals surface area contributed by atoms with E-state index in [0.717, 1.165) is 12.3 Å². The number of fused-ring (bicyclic) bond motifs is 1. The Morgan fingerprint density at radius 3 is 2.73 bits per heavy atom. The third-order valence-corrected chi connectivity index (χ3v) is 5.37. The van der Waals surface area contributed by atoms with E-state index in [1.165, 1.54) is 6.07 Å². The molecule has 2 aromatic heterocycles. The molecule has 8 nitrogen and oxygen atoms in total. The van der Waals surface area contributed by atoms with Crippen molar-refractivity contribution in [1.82, 2.24) is 15.0 Å². The van der Waals surface area contributed by atoms with Crippen LogP contribution >= 0.6 is 0 Å². The number of nitrogens with one attached hydrogen (secondary N) is 2. The number of hydrogen-bond acceptors (Lipinski definition) is 7. The molecule has 1 saturated carbocycles. The molecule has 0 bridgehead atoms. The Balaban J connectivity index is 1.38. The zero-order chi connectivity index (χ0) is 21.6. The summed E-state index contributed by atoms with van der Waals surface area (Å²) in [5, 5.41) is 6.06. The van der Waals surface area contributed by atoms with Crippen molar-refractivity contribution in [3.8, 4) is 5.75 Å². The van der Waals surface area contributed by atoms with Crippen LogP contribution in [-0.4, -0.2) is 46.1 Å². The number of ether oxygens (including phenoxy) is 1. The largest absolute Gasteiger partial charge is 0.490 e. The minimum absolute atomic E-state index is 0.0392. The van der Waals surface area contributed by atoms with Crippen molar-refractivity contribution in [2.75, 3.05) is 22.6 Å². The number of carbonyl (C=O) groups is 1. The van der Waals surface area contributed by atoms with Crippen molar-refractivity contribution in [3.05, 3.63) is 29.7 Å². The summed E-state index contributed by atoms with van der Waals surface area (Å²) < 4.78 is 43.9. The SMILES string of the molecule is Cc1nc(N[C@H]2C[C@H](Oc3ccnc(C(F)(F)F)c3)C2)nc2c1NC(=O)[C@H](C)N2C. The lowest BCUT2D eigenvalue weighted by atomic mass is 9.89. The molecule has 1 amide bonds. The van der Waals surface area contributed by atoms with Crippen molar-refractivity contribution in [1.29, 1.82) is 0 Å². The van der Waals surface area contributed by atoms with Gasteiger partial charge >= 0.3 is 6.18 Å². The first-order valence-electron chi connectivity index (χ1n) is 9.50. The second-order valence-corrected chi connectivity index (χ2v) is 7.53. The molecular weight excluding hydrogens is 401 g/mol. The van der Waals surface area contributed by atoms with Crippen LogP contribution in [0.4, 0.5) is 30.6 Å². The molecule has 0 aromatic carbocycles. The lowest BCUT2D eigenvalue weighted by Crippen LogP contribution is -2.45. The van der Waals surface area contributed by atoms with Gasteiger partial charge in [0.15, 0.2) is 5.82 Å². The van der Waals surface area contributed by atoms with Crippen LogP contribution in [0, 0.1) is 6.92 Å². The fourth-order valence-electron chi connectivity index (χ4n) is 3.41. The van der Waals surface area contributed by atoms with Crippen molar-refractivity contribution in [3.63, 3.8) is 0 Å². The van der Waals surface area contributed by atoms with Gasteiger partial charge in [-0.05, 0) is 19.9 Å². The summed E-state index contributed by atoms with van der Waals surface area (Å²) in [6, 6.07) is 2.01. The van der Waals surface area contributed by atoms with Crippen LogP contribution in [0.3, 0.4) is 0 Å². The number of rotatable bonds is 4. The van der Waals surface area contributed by atoms with Crippen molar-refractivity contribution in [2.24, 2.45) is 0 Å². The second kappa shape index (κ2) is 7.29. The first-order valence-corrected chi connectivity index (χ1v) is 9.50. The number of pyridine rings is 1. The fourth-order valence-corrected chi connectivity index (χ4v) is 3.41. The molecule has 1 aliphatic heterocycles. The summed E-state index contributed by atoms with van der Waals surface area (Å²) in [5.74, 6) is 1.11. The smallest absolute Gasteiger partial charge is 0.433 e. The summed E-state index contributed by atoms with van der Waals surface area (Å²) in [4.78, 5) is 26.1. The summed E-state index contributed by atoms with van der Waals surface area (Å²) in [7, 11) is 1.80. The van der Waals surface area contributed by atoms with Gasteiger partial charge in [-0.2, -0.15) is 18.2 Å². The first-order chi connectivity index (χ1) is 14.1. The van der Waals surface area contributed by atoms with Crippen LogP contribution in [0.5, 0.6) is 5.75 Å². The van der Waals surface area contributed by atoms with Crippen molar-refractivity contribution >= 4 is 23.4 Å². The molecule has 0 saturated heterocycles. The maximum absolute atomic E-state index is 12.8. The van der Waals surface area contributed by atoms with Gasteiger partial charge < -0.3 is 20.3 Å². The molecule has 30 heavy (non-hydrogen) atoms. The van der Waals surface area contributed by atoms with E-state index in [-0.39, 0.29) is 29.8 Å². The molecule has 2 aromatic rings. The van der Waals surface area contributed by atoms with E-state index in [2.05, 4.69) is 25.6 Å². The summed E-state index contributed by atoms with van der Waals surface area (Å²) >= 11 is 0. The maximum Gasteiger partial charge on any atom is 0.433 e. The number of anilines is 3. The zero-order valence-corrected chi connectivity index (χ0v) is 16.6. The number of halogens is 3. The number of aryl methyl sites for hydroxylation is 1. The van der Waals surface area contributed by atoms with Gasteiger partial charge in [-0.25, -0.2) is 4.98 Å². The summed E-state index contributed by atoms with van der Waals surface area (Å²) in [6.07, 6.45) is -2.41. The molecule has 2 N–H and O–H groups in total. The number of amides is 1. The van der Waals surface area contributed by atoms with Gasteiger partial charge in [0.05, 0.1) is 5.69 Å². The van der Waals surface area contributed by atoms with Gasteiger partial charge in [0.25, 0.3) is 0 Å². The normalized spacial score (nSPS) is 23.3. The van der Waals surface area contributed by atoms with Gasteiger partial charge in [0, 0.05) is 38.2 Å². The van der Waals surface area contributed by atoms with Crippen LogP contribution in [0.25, 0.3) is 0 Å². The maximum atomic E-state index is 12.8. The molecule has 4 rings (SSSR count). The lowest BCUT2D eigenvalue weighted by Gasteiger charge is -2.37. The van der Waals surface area contributed by atoms with Crippen LogP contribution in [0.15, 0.2) is 18.3 Å². The van der Waals surface area contributed by atoms with E-state index in [1.807, 2.05) is 0 Å².